The minimum absolute atomic E-state index is 0.343. The number of ether oxygens (including phenoxy) is 1. The standard InChI is InChI=1S/C11H19F2NO2/c1-11(2,3)16-10(15)8-5-4-6-14(8)7-9(12)13/h8-9H,4-7H2,1-3H3/t8-/m1/s1. The van der Waals surface area contributed by atoms with Gasteiger partial charge in [0.25, 0.3) is 6.43 Å². The van der Waals surface area contributed by atoms with E-state index in [1.807, 2.05) is 0 Å². The van der Waals surface area contributed by atoms with Crippen molar-refractivity contribution in [3.05, 3.63) is 0 Å². The number of carbonyl (C=O) groups excluding carboxylic acids is 1. The molecule has 94 valence electrons. The van der Waals surface area contributed by atoms with Crippen LogP contribution in [0.2, 0.25) is 0 Å². The minimum atomic E-state index is -2.40. The Bertz CT molecular complexity index is 251. The van der Waals surface area contributed by atoms with Crippen LogP contribution in [0.25, 0.3) is 0 Å². The molecule has 0 aromatic heterocycles. The van der Waals surface area contributed by atoms with E-state index in [-0.39, 0.29) is 12.5 Å². The number of esters is 1. The number of likely N-dealkylation sites (tertiary alicyclic amines) is 1. The van der Waals surface area contributed by atoms with Crippen LogP contribution in [-0.4, -0.2) is 42.0 Å². The first-order valence-corrected chi connectivity index (χ1v) is 5.54. The van der Waals surface area contributed by atoms with Crippen LogP contribution in [0.5, 0.6) is 0 Å². The highest BCUT2D eigenvalue weighted by atomic mass is 19.3. The van der Waals surface area contributed by atoms with E-state index in [0.717, 1.165) is 6.42 Å². The SMILES string of the molecule is CC(C)(C)OC(=O)[C@H]1CCCN1CC(F)F. The Morgan fingerprint density at radius 3 is 2.62 bits per heavy atom. The molecule has 0 amide bonds. The highest BCUT2D eigenvalue weighted by Gasteiger charge is 2.35. The van der Waals surface area contributed by atoms with Crippen LogP contribution in [0.15, 0.2) is 0 Å². The summed E-state index contributed by atoms with van der Waals surface area (Å²) in [6.07, 6.45) is -1.01. The van der Waals surface area contributed by atoms with Crippen molar-refractivity contribution in [1.29, 1.82) is 0 Å². The van der Waals surface area contributed by atoms with Crippen molar-refractivity contribution >= 4 is 5.97 Å². The third-order valence-electron chi connectivity index (χ3n) is 2.42. The van der Waals surface area contributed by atoms with Gasteiger partial charge in [0.2, 0.25) is 0 Å². The van der Waals surface area contributed by atoms with Gasteiger partial charge >= 0.3 is 5.97 Å². The third kappa shape index (κ3) is 4.04. The third-order valence-corrected chi connectivity index (χ3v) is 2.42. The van der Waals surface area contributed by atoms with Gasteiger partial charge in [-0.2, -0.15) is 0 Å². The van der Waals surface area contributed by atoms with Gasteiger partial charge in [-0.25, -0.2) is 8.78 Å². The summed E-state index contributed by atoms with van der Waals surface area (Å²) in [4.78, 5) is 13.3. The predicted molar refractivity (Wildman–Crippen MR) is 56.4 cm³/mol. The maximum atomic E-state index is 12.3. The molecule has 1 rings (SSSR count). The van der Waals surface area contributed by atoms with Crippen molar-refractivity contribution in [2.45, 2.75) is 51.7 Å². The van der Waals surface area contributed by atoms with Crippen molar-refractivity contribution in [3.8, 4) is 0 Å². The lowest BCUT2D eigenvalue weighted by atomic mass is 10.1. The molecular formula is C11H19F2NO2. The van der Waals surface area contributed by atoms with Gasteiger partial charge in [0.05, 0.1) is 6.54 Å². The fourth-order valence-electron chi connectivity index (χ4n) is 1.86. The van der Waals surface area contributed by atoms with Crippen LogP contribution in [0.4, 0.5) is 8.78 Å². The van der Waals surface area contributed by atoms with Gasteiger partial charge in [0.1, 0.15) is 11.6 Å². The number of rotatable bonds is 3. The number of carbonyl (C=O) groups is 1. The van der Waals surface area contributed by atoms with E-state index >= 15 is 0 Å². The lowest BCUT2D eigenvalue weighted by Gasteiger charge is -2.26. The van der Waals surface area contributed by atoms with Crippen molar-refractivity contribution in [2.24, 2.45) is 0 Å². The Hall–Kier alpha value is -0.710. The summed E-state index contributed by atoms with van der Waals surface area (Å²) in [5.74, 6) is -0.384. The predicted octanol–water partition coefficient (Wildman–Crippen LogP) is 2.06. The molecular weight excluding hydrogens is 216 g/mol. The molecule has 1 heterocycles. The molecule has 0 aliphatic carbocycles. The Morgan fingerprint density at radius 1 is 1.50 bits per heavy atom. The second kappa shape index (κ2) is 5.08. The average molecular weight is 235 g/mol. The van der Waals surface area contributed by atoms with E-state index in [9.17, 15) is 13.6 Å². The van der Waals surface area contributed by atoms with Crippen LogP contribution in [0.1, 0.15) is 33.6 Å². The van der Waals surface area contributed by atoms with Crippen LogP contribution in [0.3, 0.4) is 0 Å². The normalized spacial score (nSPS) is 22.8. The van der Waals surface area contributed by atoms with Crippen LogP contribution in [0, 0.1) is 0 Å². The number of hydrogen-bond donors (Lipinski definition) is 0. The molecule has 5 heteroatoms. The lowest BCUT2D eigenvalue weighted by molar-refractivity contribution is -0.160. The largest absolute Gasteiger partial charge is 0.459 e. The molecule has 1 aliphatic heterocycles. The zero-order valence-electron chi connectivity index (χ0n) is 10.0. The van der Waals surface area contributed by atoms with Gasteiger partial charge in [0.15, 0.2) is 0 Å². The molecule has 0 bridgehead atoms. The molecule has 0 saturated carbocycles. The highest BCUT2D eigenvalue weighted by Crippen LogP contribution is 2.21. The zero-order valence-corrected chi connectivity index (χ0v) is 10.0. The summed E-state index contributed by atoms with van der Waals surface area (Å²) >= 11 is 0. The monoisotopic (exact) mass is 235 g/mol. The van der Waals surface area contributed by atoms with E-state index in [1.165, 1.54) is 4.90 Å². The molecule has 1 saturated heterocycles. The van der Waals surface area contributed by atoms with Crippen LogP contribution < -0.4 is 0 Å². The van der Waals surface area contributed by atoms with Gasteiger partial charge in [-0.15, -0.1) is 0 Å². The Balaban J connectivity index is 2.54. The van der Waals surface area contributed by atoms with E-state index in [1.54, 1.807) is 20.8 Å². The molecule has 0 unspecified atom stereocenters. The van der Waals surface area contributed by atoms with Crippen molar-refractivity contribution < 1.29 is 18.3 Å². The number of alkyl halides is 2. The molecule has 0 N–H and O–H groups in total. The average Bonchev–Trinajstić information content (AvgIpc) is 2.47. The molecule has 0 spiro atoms. The Labute approximate surface area is 94.7 Å². The first-order chi connectivity index (χ1) is 7.29. The molecule has 0 aromatic rings. The van der Waals surface area contributed by atoms with Gasteiger partial charge in [0, 0.05) is 0 Å². The first-order valence-electron chi connectivity index (χ1n) is 5.54. The number of nitrogens with zero attached hydrogens (tertiary/aromatic N) is 1. The summed E-state index contributed by atoms with van der Waals surface area (Å²) < 4.78 is 29.7. The molecule has 1 aliphatic rings. The van der Waals surface area contributed by atoms with Crippen molar-refractivity contribution in [2.75, 3.05) is 13.1 Å². The van der Waals surface area contributed by atoms with E-state index in [0.29, 0.717) is 13.0 Å². The van der Waals surface area contributed by atoms with Gasteiger partial charge in [-0.3, -0.25) is 9.69 Å². The molecule has 1 fully saturated rings. The fourth-order valence-corrected chi connectivity index (χ4v) is 1.86. The van der Waals surface area contributed by atoms with Crippen LogP contribution >= 0.6 is 0 Å². The lowest BCUT2D eigenvalue weighted by Crippen LogP contribution is -2.42. The minimum Gasteiger partial charge on any atom is -0.459 e. The fraction of sp³-hybridized carbons (Fsp3) is 0.909. The van der Waals surface area contributed by atoms with Gasteiger partial charge in [-0.05, 0) is 40.2 Å². The maximum Gasteiger partial charge on any atom is 0.323 e. The molecule has 0 aromatic carbocycles. The topological polar surface area (TPSA) is 29.5 Å². The highest BCUT2D eigenvalue weighted by molar-refractivity contribution is 5.76. The van der Waals surface area contributed by atoms with Crippen LogP contribution in [-0.2, 0) is 9.53 Å². The number of hydrogen-bond acceptors (Lipinski definition) is 3. The Morgan fingerprint density at radius 2 is 2.12 bits per heavy atom. The zero-order chi connectivity index (χ0) is 12.3. The molecule has 16 heavy (non-hydrogen) atoms. The number of halogens is 2. The Kier molecular flexibility index (Phi) is 4.24. The molecule has 0 radical (unpaired) electrons. The second-order valence-electron chi connectivity index (χ2n) is 5.08. The molecule has 3 nitrogen and oxygen atoms in total. The smallest absolute Gasteiger partial charge is 0.323 e. The summed E-state index contributed by atoms with van der Waals surface area (Å²) in [7, 11) is 0. The van der Waals surface area contributed by atoms with E-state index in [4.69, 9.17) is 4.74 Å². The van der Waals surface area contributed by atoms with E-state index in [2.05, 4.69) is 0 Å². The summed E-state index contributed by atoms with van der Waals surface area (Å²) in [5, 5.41) is 0. The van der Waals surface area contributed by atoms with Gasteiger partial charge in [-0.1, -0.05) is 0 Å². The van der Waals surface area contributed by atoms with Gasteiger partial charge < -0.3 is 4.74 Å². The summed E-state index contributed by atoms with van der Waals surface area (Å²) in [6.45, 7) is 5.53. The van der Waals surface area contributed by atoms with Crippen molar-refractivity contribution in [3.63, 3.8) is 0 Å². The maximum absolute atomic E-state index is 12.3. The van der Waals surface area contributed by atoms with Crippen molar-refractivity contribution in [1.82, 2.24) is 4.90 Å². The molecule has 1 atom stereocenters. The summed E-state index contributed by atoms with van der Waals surface area (Å²) in [6, 6.07) is -0.492. The second-order valence-corrected chi connectivity index (χ2v) is 5.08. The first kappa shape index (κ1) is 13.4. The quantitative estimate of drug-likeness (QED) is 0.701. The summed E-state index contributed by atoms with van der Waals surface area (Å²) in [5.41, 5.74) is -0.559. The van der Waals surface area contributed by atoms with E-state index < -0.39 is 18.1 Å².